The van der Waals surface area contributed by atoms with Gasteiger partial charge in [-0.25, -0.2) is 13.9 Å². The fraction of sp³-hybridized carbons (Fsp3) is 0.273. The highest BCUT2D eigenvalue weighted by molar-refractivity contribution is 5.87. The first-order chi connectivity index (χ1) is 13.5. The van der Waals surface area contributed by atoms with E-state index in [2.05, 4.69) is 35.5 Å². The molecular weight excluding hydrogens is 352 g/mol. The second-order valence-electron chi connectivity index (χ2n) is 7.20. The van der Waals surface area contributed by atoms with Gasteiger partial charge in [-0.2, -0.15) is 0 Å². The Morgan fingerprint density at radius 1 is 1.11 bits per heavy atom. The summed E-state index contributed by atoms with van der Waals surface area (Å²) < 4.78 is 8.41. The highest BCUT2D eigenvalue weighted by Crippen LogP contribution is 2.24. The van der Waals surface area contributed by atoms with E-state index in [9.17, 15) is 4.79 Å². The zero-order chi connectivity index (χ0) is 19.8. The van der Waals surface area contributed by atoms with Gasteiger partial charge in [0.2, 0.25) is 0 Å². The number of hydrogen-bond acceptors (Lipinski definition) is 4. The minimum absolute atomic E-state index is 0.125. The van der Waals surface area contributed by atoms with Crippen LogP contribution < -0.4 is 15.7 Å². The smallest absolute Gasteiger partial charge is 0.350 e. The molecule has 28 heavy (non-hydrogen) atoms. The van der Waals surface area contributed by atoms with Crippen LogP contribution in [0.2, 0.25) is 0 Å². The monoisotopic (exact) mass is 376 g/mol. The molecule has 4 rings (SSSR count). The van der Waals surface area contributed by atoms with Crippen LogP contribution in [-0.4, -0.2) is 21.3 Å². The summed E-state index contributed by atoms with van der Waals surface area (Å²) in [6.45, 7) is 5.44. The van der Waals surface area contributed by atoms with Crippen molar-refractivity contribution in [3.63, 3.8) is 0 Å². The normalized spacial score (nSPS) is 11.4. The van der Waals surface area contributed by atoms with Crippen LogP contribution in [0.5, 0.6) is 5.75 Å². The average molecular weight is 376 g/mol. The number of nitrogens with zero attached hydrogens (tertiary/aromatic N) is 3. The van der Waals surface area contributed by atoms with Crippen LogP contribution in [0.3, 0.4) is 0 Å². The summed E-state index contributed by atoms with van der Waals surface area (Å²) in [5.41, 5.74) is 5.90. The molecule has 0 fully saturated rings. The van der Waals surface area contributed by atoms with Crippen LogP contribution in [-0.2, 0) is 20.1 Å². The third kappa shape index (κ3) is 3.16. The summed E-state index contributed by atoms with van der Waals surface area (Å²) in [7, 11) is 3.36. The van der Waals surface area contributed by atoms with Crippen molar-refractivity contribution in [3.8, 4) is 5.75 Å². The fourth-order valence-corrected chi connectivity index (χ4v) is 3.71. The van der Waals surface area contributed by atoms with Crippen molar-refractivity contribution in [2.45, 2.75) is 26.9 Å². The number of aromatic nitrogens is 3. The van der Waals surface area contributed by atoms with Gasteiger partial charge in [-0.15, -0.1) is 5.10 Å². The van der Waals surface area contributed by atoms with Crippen LogP contribution in [0.4, 0.5) is 0 Å². The lowest BCUT2D eigenvalue weighted by atomic mass is 10.0. The Balaban J connectivity index is 1.73. The lowest BCUT2D eigenvalue weighted by molar-refractivity contribution is 0.414. The molecule has 2 aromatic carbocycles. The van der Waals surface area contributed by atoms with Crippen molar-refractivity contribution in [2.24, 2.45) is 7.05 Å². The van der Waals surface area contributed by atoms with E-state index in [0.29, 0.717) is 18.7 Å². The number of ether oxygens (including phenoxy) is 1. The van der Waals surface area contributed by atoms with E-state index in [1.54, 1.807) is 18.6 Å². The minimum atomic E-state index is -0.125. The first-order valence-electron chi connectivity index (χ1n) is 9.30. The van der Waals surface area contributed by atoms with E-state index < -0.39 is 0 Å². The van der Waals surface area contributed by atoms with E-state index in [1.165, 1.54) is 4.68 Å². The molecule has 6 heteroatoms. The van der Waals surface area contributed by atoms with Crippen LogP contribution >= 0.6 is 0 Å². The molecule has 0 saturated carbocycles. The van der Waals surface area contributed by atoms with Crippen molar-refractivity contribution >= 4 is 16.6 Å². The molecule has 4 aromatic rings. The fourth-order valence-electron chi connectivity index (χ4n) is 3.71. The third-order valence-corrected chi connectivity index (χ3v) is 5.06. The van der Waals surface area contributed by atoms with Gasteiger partial charge in [0.05, 0.1) is 12.6 Å². The Hall–Kier alpha value is -3.12. The van der Waals surface area contributed by atoms with Gasteiger partial charge in [0, 0.05) is 31.1 Å². The first kappa shape index (κ1) is 18.3. The maximum Gasteiger partial charge on any atom is 0.350 e. The largest absolute Gasteiger partial charge is 0.497 e. The second kappa shape index (κ2) is 7.13. The molecule has 6 nitrogen and oxygen atoms in total. The Bertz CT molecular complexity index is 1240. The lowest BCUT2D eigenvalue weighted by Gasteiger charge is -2.11. The molecule has 0 unspecified atom stereocenters. The van der Waals surface area contributed by atoms with Gasteiger partial charge >= 0.3 is 5.69 Å². The Kier molecular flexibility index (Phi) is 4.65. The van der Waals surface area contributed by atoms with Gasteiger partial charge < -0.3 is 10.1 Å². The first-order valence-corrected chi connectivity index (χ1v) is 9.30. The molecule has 0 spiro atoms. The highest BCUT2D eigenvalue weighted by Gasteiger charge is 2.14. The van der Waals surface area contributed by atoms with E-state index in [1.807, 2.05) is 31.2 Å². The number of rotatable bonds is 5. The zero-order valence-electron chi connectivity index (χ0n) is 16.6. The average Bonchev–Trinajstić information content (AvgIpc) is 2.98. The molecule has 0 aliphatic rings. The van der Waals surface area contributed by atoms with Crippen molar-refractivity contribution in [1.82, 2.24) is 19.5 Å². The highest BCUT2D eigenvalue weighted by atomic mass is 16.5. The number of hydrogen-bond donors (Lipinski definition) is 1. The van der Waals surface area contributed by atoms with Gasteiger partial charge in [0.25, 0.3) is 0 Å². The summed E-state index contributed by atoms with van der Waals surface area (Å²) in [5, 5.41) is 9.02. The van der Waals surface area contributed by atoms with Gasteiger partial charge in [-0.1, -0.05) is 18.2 Å². The number of benzene rings is 2. The molecule has 0 aliphatic carbocycles. The zero-order valence-corrected chi connectivity index (χ0v) is 16.6. The predicted molar refractivity (Wildman–Crippen MR) is 111 cm³/mol. The molecule has 0 aliphatic heterocycles. The number of methoxy groups -OCH3 is 1. The van der Waals surface area contributed by atoms with E-state index in [4.69, 9.17) is 4.74 Å². The molecule has 0 saturated heterocycles. The lowest BCUT2D eigenvalue weighted by Crippen LogP contribution is -2.19. The molecular formula is C22H24N4O2. The molecule has 0 radical (unpaired) electrons. The quantitative estimate of drug-likeness (QED) is 0.581. The number of nitrogens with one attached hydrogen (secondary N) is 1. The molecule has 0 amide bonds. The van der Waals surface area contributed by atoms with E-state index in [0.717, 1.165) is 38.9 Å². The van der Waals surface area contributed by atoms with Crippen LogP contribution in [0.25, 0.3) is 16.6 Å². The van der Waals surface area contributed by atoms with Crippen molar-refractivity contribution in [3.05, 3.63) is 75.2 Å². The van der Waals surface area contributed by atoms with E-state index in [-0.39, 0.29) is 5.69 Å². The SMILES string of the molecule is COc1cccc(CNCc2cc3c(C)cc(C)cc3n3c(=O)n(C)nc23)c1. The predicted octanol–water partition coefficient (Wildman–Crippen LogP) is 3.10. The Morgan fingerprint density at radius 3 is 2.71 bits per heavy atom. The van der Waals surface area contributed by atoms with Crippen molar-refractivity contribution < 1.29 is 4.74 Å². The maximum atomic E-state index is 12.7. The second-order valence-corrected chi connectivity index (χ2v) is 7.20. The standard InChI is InChI=1S/C22H24N4O2/c1-14-8-15(2)19-11-17(13-23-12-16-6-5-7-18(10-16)28-4)21-24-25(3)22(27)26(21)20(19)9-14/h5-11,23H,12-13H2,1-4H3. The number of fused-ring (bicyclic) bond motifs is 3. The summed E-state index contributed by atoms with van der Waals surface area (Å²) in [6, 6.07) is 14.3. The molecule has 144 valence electrons. The molecule has 0 bridgehead atoms. The molecule has 2 heterocycles. The number of pyridine rings is 1. The Labute approximate surface area is 163 Å². The third-order valence-electron chi connectivity index (χ3n) is 5.06. The van der Waals surface area contributed by atoms with Gasteiger partial charge in [0.1, 0.15) is 5.75 Å². The minimum Gasteiger partial charge on any atom is -0.497 e. The van der Waals surface area contributed by atoms with Crippen LogP contribution in [0.1, 0.15) is 22.3 Å². The molecule has 1 N–H and O–H groups in total. The summed E-state index contributed by atoms with van der Waals surface area (Å²) >= 11 is 0. The van der Waals surface area contributed by atoms with Crippen molar-refractivity contribution in [2.75, 3.05) is 7.11 Å². The topological polar surface area (TPSA) is 60.6 Å². The van der Waals surface area contributed by atoms with E-state index >= 15 is 0 Å². The van der Waals surface area contributed by atoms with Gasteiger partial charge in [-0.05, 0) is 54.8 Å². The molecule has 0 atom stereocenters. The number of aryl methyl sites for hydroxylation is 3. The summed E-state index contributed by atoms with van der Waals surface area (Å²) in [4.78, 5) is 12.7. The van der Waals surface area contributed by atoms with Crippen LogP contribution in [0, 0.1) is 13.8 Å². The van der Waals surface area contributed by atoms with Crippen molar-refractivity contribution in [1.29, 1.82) is 0 Å². The maximum absolute atomic E-state index is 12.7. The molecule has 2 aromatic heterocycles. The van der Waals surface area contributed by atoms with Gasteiger partial charge in [0.15, 0.2) is 5.65 Å². The Morgan fingerprint density at radius 2 is 1.93 bits per heavy atom. The summed E-state index contributed by atoms with van der Waals surface area (Å²) in [6.07, 6.45) is 0. The van der Waals surface area contributed by atoms with Crippen LogP contribution in [0.15, 0.2) is 47.3 Å². The summed E-state index contributed by atoms with van der Waals surface area (Å²) in [5.74, 6) is 0.842. The van der Waals surface area contributed by atoms with Gasteiger partial charge in [-0.3, -0.25) is 0 Å².